The van der Waals surface area contributed by atoms with E-state index in [2.05, 4.69) is 22.8 Å². The van der Waals surface area contributed by atoms with Crippen LogP contribution in [0.3, 0.4) is 0 Å². The predicted octanol–water partition coefficient (Wildman–Crippen LogP) is 3.13. The Hall–Kier alpha value is -0.570. The summed E-state index contributed by atoms with van der Waals surface area (Å²) in [6, 6.07) is 0. The predicted molar refractivity (Wildman–Crippen MR) is 56.4 cm³/mol. The van der Waals surface area contributed by atoms with E-state index in [-0.39, 0.29) is 0 Å². The van der Waals surface area contributed by atoms with Crippen molar-refractivity contribution in [1.29, 1.82) is 0 Å². The molecule has 0 radical (unpaired) electrons. The molecule has 1 fully saturated rings. The van der Waals surface area contributed by atoms with Crippen molar-refractivity contribution in [1.82, 2.24) is 9.55 Å². The van der Waals surface area contributed by atoms with Gasteiger partial charge in [-0.15, -0.1) is 0 Å². The van der Waals surface area contributed by atoms with Crippen LogP contribution in [-0.2, 0) is 7.05 Å². The van der Waals surface area contributed by atoms with Gasteiger partial charge in [-0.1, -0.05) is 19.3 Å². The second kappa shape index (κ2) is 3.66. The van der Waals surface area contributed by atoms with Gasteiger partial charge >= 0.3 is 0 Å². The van der Waals surface area contributed by atoms with Gasteiger partial charge in [0.15, 0.2) is 4.77 Å². The Morgan fingerprint density at radius 1 is 1.38 bits per heavy atom. The van der Waals surface area contributed by atoms with Gasteiger partial charge in [-0.3, -0.25) is 0 Å². The molecular formula is C10H16N2S. The summed E-state index contributed by atoms with van der Waals surface area (Å²) in [6.07, 6.45) is 8.91. The van der Waals surface area contributed by atoms with Crippen molar-refractivity contribution < 1.29 is 0 Å². The van der Waals surface area contributed by atoms with Gasteiger partial charge in [-0.05, 0) is 25.1 Å². The molecule has 0 unspecified atom stereocenters. The van der Waals surface area contributed by atoms with Crippen molar-refractivity contribution >= 4 is 12.2 Å². The molecule has 2 nitrogen and oxygen atoms in total. The van der Waals surface area contributed by atoms with Crippen LogP contribution < -0.4 is 0 Å². The Labute approximate surface area is 84.0 Å². The van der Waals surface area contributed by atoms with E-state index in [1.54, 1.807) is 0 Å². The van der Waals surface area contributed by atoms with Crippen LogP contribution in [0.1, 0.15) is 43.7 Å². The molecule has 13 heavy (non-hydrogen) atoms. The van der Waals surface area contributed by atoms with Crippen LogP contribution in [0.25, 0.3) is 0 Å². The molecule has 1 aliphatic carbocycles. The molecule has 2 rings (SSSR count). The van der Waals surface area contributed by atoms with Crippen molar-refractivity contribution in [2.24, 2.45) is 7.05 Å². The summed E-state index contributed by atoms with van der Waals surface area (Å²) < 4.78 is 2.96. The Morgan fingerprint density at radius 2 is 2.08 bits per heavy atom. The number of nitrogens with one attached hydrogen (secondary N) is 1. The Bertz CT molecular complexity index is 331. The number of hydrogen-bond acceptors (Lipinski definition) is 1. The molecule has 0 aliphatic heterocycles. The third-order valence-electron chi connectivity index (χ3n) is 3.06. The van der Waals surface area contributed by atoms with E-state index < -0.39 is 0 Å². The highest BCUT2D eigenvalue weighted by atomic mass is 32.1. The van der Waals surface area contributed by atoms with Gasteiger partial charge < -0.3 is 9.55 Å². The highest BCUT2D eigenvalue weighted by Crippen LogP contribution is 2.31. The standard InChI is InChI=1S/C10H16N2S/c1-12-9(7-11-10(12)13)8-5-3-2-4-6-8/h7-8H,2-6H2,1H3,(H,11,13). The minimum absolute atomic E-state index is 0.742. The second-order valence-corrected chi connectivity index (χ2v) is 4.30. The zero-order valence-electron chi connectivity index (χ0n) is 8.05. The lowest BCUT2D eigenvalue weighted by Crippen LogP contribution is -2.08. The van der Waals surface area contributed by atoms with Gasteiger partial charge in [0.1, 0.15) is 0 Å². The maximum Gasteiger partial charge on any atom is 0.177 e. The van der Waals surface area contributed by atoms with Gasteiger partial charge in [0.05, 0.1) is 0 Å². The van der Waals surface area contributed by atoms with Crippen LogP contribution in [0.5, 0.6) is 0 Å². The van der Waals surface area contributed by atoms with Gasteiger partial charge in [0.2, 0.25) is 0 Å². The largest absolute Gasteiger partial charge is 0.337 e. The van der Waals surface area contributed by atoms with Crippen LogP contribution in [-0.4, -0.2) is 9.55 Å². The molecule has 0 bridgehead atoms. The third-order valence-corrected chi connectivity index (χ3v) is 3.45. The number of imidazole rings is 1. The van der Waals surface area contributed by atoms with Crippen molar-refractivity contribution in [3.63, 3.8) is 0 Å². The van der Waals surface area contributed by atoms with E-state index in [1.165, 1.54) is 37.8 Å². The highest BCUT2D eigenvalue weighted by Gasteiger charge is 2.17. The zero-order chi connectivity index (χ0) is 9.26. The van der Waals surface area contributed by atoms with Crippen LogP contribution in [0.2, 0.25) is 0 Å². The summed E-state index contributed by atoms with van der Waals surface area (Å²) in [6.45, 7) is 0. The molecule has 0 atom stereocenters. The molecule has 1 N–H and O–H groups in total. The third kappa shape index (κ3) is 1.70. The lowest BCUT2D eigenvalue weighted by atomic mass is 9.87. The fourth-order valence-corrected chi connectivity index (χ4v) is 2.40. The SMILES string of the molecule is Cn1c(C2CCCCC2)c[nH]c1=S. The molecule has 1 aromatic rings. The molecule has 1 aromatic heterocycles. The van der Waals surface area contributed by atoms with Gasteiger partial charge in [-0.2, -0.15) is 0 Å². The quantitative estimate of drug-likeness (QED) is 0.684. The Morgan fingerprint density at radius 3 is 2.62 bits per heavy atom. The van der Waals surface area contributed by atoms with Crippen molar-refractivity contribution in [2.45, 2.75) is 38.0 Å². The van der Waals surface area contributed by atoms with Crippen LogP contribution in [0.15, 0.2) is 6.20 Å². The lowest BCUT2D eigenvalue weighted by molar-refractivity contribution is 0.429. The summed E-state index contributed by atoms with van der Waals surface area (Å²) in [5.41, 5.74) is 1.39. The Kier molecular flexibility index (Phi) is 2.54. The van der Waals surface area contributed by atoms with E-state index >= 15 is 0 Å². The Balaban J connectivity index is 2.23. The monoisotopic (exact) mass is 196 g/mol. The zero-order valence-corrected chi connectivity index (χ0v) is 8.86. The van der Waals surface area contributed by atoms with Gasteiger partial charge in [0.25, 0.3) is 0 Å². The van der Waals surface area contributed by atoms with E-state index in [1.807, 2.05) is 0 Å². The molecule has 1 aliphatic rings. The first-order valence-electron chi connectivity index (χ1n) is 5.03. The number of nitrogens with zero attached hydrogens (tertiary/aromatic N) is 1. The van der Waals surface area contributed by atoms with Crippen molar-refractivity contribution in [2.75, 3.05) is 0 Å². The topological polar surface area (TPSA) is 20.7 Å². The fraction of sp³-hybridized carbons (Fsp3) is 0.700. The minimum Gasteiger partial charge on any atom is -0.337 e. The molecule has 0 saturated heterocycles. The molecule has 72 valence electrons. The number of aromatic amines is 1. The van der Waals surface area contributed by atoms with E-state index in [0.717, 1.165) is 10.7 Å². The fourth-order valence-electron chi connectivity index (χ4n) is 2.24. The first-order valence-corrected chi connectivity index (χ1v) is 5.44. The lowest BCUT2D eigenvalue weighted by Gasteiger charge is -2.21. The van der Waals surface area contributed by atoms with E-state index in [9.17, 15) is 0 Å². The smallest absolute Gasteiger partial charge is 0.177 e. The highest BCUT2D eigenvalue weighted by molar-refractivity contribution is 7.71. The maximum atomic E-state index is 5.15. The van der Waals surface area contributed by atoms with Crippen molar-refractivity contribution in [3.8, 4) is 0 Å². The summed E-state index contributed by atoms with van der Waals surface area (Å²) in [5.74, 6) is 0.742. The first-order chi connectivity index (χ1) is 6.29. The molecule has 3 heteroatoms. The minimum atomic E-state index is 0.742. The molecule has 1 heterocycles. The second-order valence-electron chi connectivity index (χ2n) is 3.91. The van der Waals surface area contributed by atoms with Crippen LogP contribution in [0, 0.1) is 4.77 Å². The average molecular weight is 196 g/mol. The summed E-state index contributed by atoms with van der Waals surface area (Å²) in [5, 5.41) is 0. The van der Waals surface area contributed by atoms with Crippen molar-refractivity contribution in [3.05, 3.63) is 16.7 Å². The molecule has 0 amide bonds. The van der Waals surface area contributed by atoms with E-state index in [4.69, 9.17) is 12.2 Å². The number of rotatable bonds is 1. The first kappa shape index (κ1) is 9.00. The molecular weight excluding hydrogens is 180 g/mol. The van der Waals surface area contributed by atoms with Gasteiger partial charge in [-0.25, -0.2) is 0 Å². The average Bonchev–Trinajstić information content (AvgIpc) is 2.49. The maximum absolute atomic E-state index is 5.15. The molecule has 0 aromatic carbocycles. The van der Waals surface area contributed by atoms with Crippen LogP contribution in [0.4, 0.5) is 0 Å². The summed E-state index contributed by atoms with van der Waals surface area (Å²) in [7, 11) is 2.06. The number of aromatic nitrogens is 2. The van der Waals surface area contributed by atoms with E-state index in [0.29, 0.717) is 0 Å². The molecule has 1 saturated carbocycles. The van der Waals surface area contributed by atoms with Gasteiger partial charge in [0, 0.05) is 24.9 Å². The summed E-state index contributed by atoms with van der Waals surface area (Å²) >= 11 is 5.15. The normalized spacial score (nSPS) is 19.2. The molecule has 0 spiro atoms. The number of hydrogen-bond donors (Lipinski definition) is 1. The summed E-state index contributed by atoms with van der Waals surface area (Å²) in [4.78, 5) is 3.11. The van der Waals surface area contributed by atoms with Crippen LogP contribution >= 0.6 is 12.2 Å². The number of H-pyrrole nitrogens is 1.